The van der Waals surface area contributed by atoms with Gasteiger partial charge in [0.1, 0.15) is 5.78 Å². The highest BCUT2D eigenvalue weighted by Gasteiger charge is 2.44. The molecule has 0 aromatic heterocycles. The normalized spacial score (nSPS) is 22.6. The van der Waals surface area contributed by atoms with E-state index in [1.165, 1.54) is 6.92 Å². The van der Waals surface area contributed by atoms with Gasteiger partial charge in [0.2, 0.25) is 0 Å². The first kappa shape index (κ1) is 15.5. The number of carbonyl (C=O) groups is 2. The van der Waals surface area contributed by atoms with Crippen LogP contribution in [0.25, 0.3) is 5.57 Å². The third kappa shape index (κ3) is 2.21. The average molecular weight is 312 g/mol. The molecule has 0 saturated heterocycles. The van der Waals surface area contributed by atoms with Crippen LogP contribution in [0.2, 0.25) is 0 Å². The van der Waals surface area contributed by atoms with E-state index < -0.39 is 5.92 Å². The first-order valence-electron chi connectivity index (χ1n) is 7.80. The summed E-state index contributed by atoms with van der Waals surface area (Å²) in [7, 11) is 0. The lowest BCUT2D eigenvalue weighted by Crippen LogP contribution is -2.31. The molecule has 0 saturated carbocycles. The van der Waals surface area contributed by atoms with Gasteiger partial charge in [-0.3, -0.25) is 9.59 Å². The fourth-order valence-electron chi connectivity index (χ4n) is 3.84. The van der Waals surface area contributed by atoms with Crippen LogP contribution in [0.15, 0.2) is 29.4 Å². The summed E-state index contributed by atoms with van der Waals surface area (Å²) in [4.78, 5) is 24.5. The smallest absolute Gasteiger partial charge is 0.167 e. The molecule has 0 bridgehead atoms. The standard InChI is InChI=1S/C19H20O4/c1-5-23-16-8-13-12(7-14(16)21)10(3)17-9(2)6-15(22)18(11(4)20)19(13)17/h6-8,18-19,21H,5H2,1-4H3/t18-,19+/m1/s1. The van der Waals surface area contributed by atoms with E-state index in [2.05, 4.69) is 0 Å². The summed E-state index contributed by atoms with van der Waals surface area (Å²) in [5.74, 6) is -0.772. The Labute approximate surface area is 135 Å². The molecule has 0 heterocycles. The highest BCUT2D eigenvalue weighted by molar-refractivity contribution is 6.11. The number of hydrogen-bond acceptors (Lipinski definition) is 4. The van der Waals surface area contributed by atoms with Crippen LogP contribution in [-0.2, 0) is 9.59 Å². The number of rotatable bonds is 3. The van der Waals surface area contributed by atoms with E-state index >= 15 is 0 Å². The number of phenols is 1. The van der Waals surface area contributed by atoms with Crippen molar-refractivity contribution in [3.05, 3.63) is 40.5 Å². The summed E-state index contributed by atoms with van der Waals surface area (Å²) >= 11 is 0. The molecule has 120 valence electrons. The summed E-state index contributed by atoms with van der Waals surface area (Å²) in [6.45, 7) is 7.61. The van der Waals surface area contributed by atoms with Crippen molar-refractivity contribution in [2.75, 3.05) is 6.61 Å². The topological polar surface area (TPSA) is 63.6 Å². The Morgan fingerprint density at radius 1 is 1.30 bits per heavy atom. The Morgan fingerprint density at radius 3 is 2.61 bits per heavy atom. The monoisotopic (exact) mass is 312 g/mol. The molecule has 1 aromatic rings. The van der Waals surface area contributed by atoms with Crippen molar-refractivity contribution in [3.63, 3.8) is 0 Å². The maximum atomic E-state index is 12.4. The van der Waals surface area contributed by atoms with Gasteiger partial charge < -0.3 is 9.84 Å². The van der Waals surface area contributed by atoms with E-state index in [0.29, 0.717) is 12.4 Å². The van der Waals surface area contributed by atoms with Gasteiger partial charge in [-0.2, -0.15) is 0 Å². The summed E-state index contributed by atoms with van der Waals surface area (Å²) in [5.41, 5.74) is 4.70. The largest absolute Gasteiger partial charge is 0.504 e. The summed E-state index contributed by atoms with van der Waals surface area (Å²) in [6, 6.07) is 3.45. The van der Waals surface area contributed by atoms with Crippen molar-refractivity contribution < 1.29 is 19.4 Å². The van der Waals surface area contributed by atoms with E-state index in [1.54, 1.807) is 18.2 Å². The van der Waals surface area contributed by atoms with Gasteiger partial charge in [-0.05, 0) is 73.7 Å². The molecule has 0 amide bonds. The molecule has 2 atom stereocenters. The minimum Gasteiger partial charge on any atom is -0.504 e. The Kier molecular flexibility index (Phi) is 3.63. The molecular weight excluding hydrogens is 292 g/mol. The number of benzene rings is 1. The number of phenolic OH excluding ortho intramolecular Hbond substituents is 1. The van der Waals surface area contributed by atoms with E-state index in [9.17, 15) is 14.7 Å². The number of aromatic hydroxyl groups is 1. The maximum absolute atomic E-state index is 12.4. The zero-order valence-corrected chi connectivity index (χ0v) is 13.8. The lowest BCUT2D eigenvalue weighted by atomic mass is 9.72. The van der Waals surface area contributed by atoms with E-state index in [1.807, 2.05) is 20.8 Å². The van der Waals surface area contributed by atoms with Crippen molar-refractivity contribution in [1.29, 1.82) is 0 Å². The molecule has 0 radical (unpaired) electrons. The SMILES string of the molecule is CCOc1cc2c(cc1O)C(C)=C1C(C)=CC(=O)[C@@H](C(C)=O)[C@H]12. The van der Waals surface area contributed by atoms with Crippen LogP contribution in [0.1, 0.15) is 44.7 Å². The molecule has 3 rings (SSSR count). The zero-order valence-electron chi connectivity index (χ0n) is 13.8. The molecule has 4 nitrogen and oxygen atoms in total. The molecule has 1 N–H and O–H groups in total. The highest BCUT2D eigenvalue weighted by atomic mass is 16.5. The van der Waals surface area contributed by atoms with Crippen LogP contribution in [0.5, 0.6) is 11.5 Å². The molecule has 2 aliphatic rings. The summed E-state index contributed by atoms with van der Waals surface area (Å²) < 4.78 is 5.47. The molecule has 0 unspecified atom stereocenters. The number of allylic oxidation sites excluding steroid dienone is 4. The molecule has 4 heteroatoms. The van der Waals surface area contributed by atoms with Crippen LogP contribution < -0.4 is 4.74 Å². The predicted molar refractivity (Wildman–Crippen MR) is 87.5 cm³/mol. The number of carbonyl (C=O) groups excluding carboxylic acids is 2. The van der Waals surface area contributed by atoms with Crippen LogP contribution >= 0.6 is 0 Å². The van der Waals surface area contributed by atoms with Gasteiger partial charge in [0.25, 0.3) is 0 Å². The average Bonchev–Trinajstić information content (AvgIpc) is 2.73. The first-order chi connectivity index (χ1) is 10.9. The number of hydrogen-bond donors (Lipinski definition) is 1. The van der Waals surface area contributed by atoms with Crippen molar-refractivity contribution in [3.8, 4) is 11.5 Å². The molecule has 0 aliphatic heterocycles. The first-order valence-corrected chi connectivity index (χ1v) is 7.80. The predicted octanol–water partition coefficient (Wildman–Crippen LogP) is 3.40. The van der Waals surface area contributed by atoms with Crippen molar-refractivity contribution in [2.24, 2.45) is 5.92 Å². The Morgan fingerprint density at radius 2 is 2.00 bits per heavy atom. The Hall–Kier alpha value is -2.36. The number of Topliss-reactive ketones (excluding diaryl/α,β-unsaturated/α-hetero) is 1. The van der Waals surface area contributed by atoms with Crippen LogP contribution in [0.3, 0.4) is 0 Å². The van der Waals surface area contributed by atoms with Gasteiger partial charge in [0.15, 0.2) is 17.3 Å². The minimum absolute atomic E-state index is 0.0801. The minimum atomic E-state index is -0.691. The molecule has 23 heavy (non-hydrogen) atoms. The molecule has 2 aliphatic carbocycles. The number of ketones is 2. The lowest BCUT2D eigenvalue weighted by molar-refractivity contribution is -0.129. The summed E-state index contributed by atoms with van der Waals surface area (Å²) in [6.07, 6.45) is 1.57. The second kappa shape index (κ2) is 5.37. The maximum Gasteiger partial charge on any atom is 0.167 e. The van der Waals surface area contributed by atoms with Gasteiger partial charge in [-0.1, -0.05) is 0 Å². The van der Waals surface area contributed by atoms with Gasteiger partial charge in [-0.15, -0.1) is 0 Å². The van der Waals surface area contributed by atoms with Gasteiger partial charge in [-0.25, -0.2) is 0 Å². The molecule has 0 spiro atoms. The molecule has 1 aromatic carbocycles. The van der Waals surface area contributed by atoms with Gasteiger partial charge in [0.05, 0.1) is 12.5 Å². The van der Waals surface area contributed by atoms with Crippen molar-refractivity contribution in [1.82, 2.24) is 0 Å². The zero-order chi connectivity index (χ0) is 16.9. The highest BCUT2D eigenvalue weighted by Crippen LogP contribution is 2.53. The van der Waals surface area contributed by atoms with Crippen molar-refractivity contribution in [2.45, 2.75) is 33.6 Å². The third-order valence-corrected chi connectivity index (χ3v) is 4.75. The van der Waals surface area contributed by atoms with Crippen LogP contribution in [-0.4, -0.2) is 23.3 Å². The fourth-order valence-corrected chi connectivity index (χ4v) is 3.84. The van der Waals surface area contributed by atoms with Gasteiger partial charge in [0, 0.05) is 5.92 Å². The van der Waals surface area contributed by atoms with Gasteiger partial charge >= 0.3 is 0 Å². The molecular formula is C19H20O4. The second-order valence-corrected chi connectivity index (χ2v) is 6.17. The Balaban J connectivity index is 2.25. The van der Waals surface area contributed by atoms with Crippen LogP contribution in [0.4, 0.5) is 0 Å². The van der Waals surface area contributed by atoms with E-state index in [4.69, 9.17) is 4.74 Å². The fraction of sp³-hybridized carbons (Fsp3) is 0.368. The lowest BCUT2D eigenvalue weighted by Gasteiger charge is -2.28. The van der Waals surface area contributed by atoms with E-state index in [-0.39, 0.29) is 23.2 Å². The second-order valence-electron chi connectivity index (χ2n) is 6.17. The summed E-state index contributed by atoms with van der Waals surface area (Å²) in [5, 5.41) is 10.2. The Bertz CT molecular complexity index is 783. The third-order valence-electron chi connectivity index (χ3n) is 4.75. The van der Waals surface area contributed by atoms with Crippen LogP contribution in [0, 0.1) is 5.92 Å². The molecule has 0 fully saturated rings. The van der Waals surface area contributed by atoms with Crippen molar-refractivity contribution >= 4 is 17.1 Å². The number of ether oxygens (including phenoxy) is 1. The number of fused-ring (bicyclic) bond motifs is 3. The van der Waals surface area contributed by atoms with E-state index in [0.717, 1.165) is 27.8 Å². The quantitative estimate of drug-likeness (QED) is 0.869.